The van der Waals surface area contributed by atoms with Crippen LogP contribution in [0.2, 0.25) is 0 Å². The highest BCUT2D eigenvalue weighted by Gasteiger charge is 2.39. The minimum Gasteiger partial charge on any atom is -0.465 e. The van der Waals surface area contributed by atoms with E-state index in [0.29, 0.717) is 11.6 Å². The van der Waals surface area contributed by atoms with Crippen LogP contribution >= 0.6 is 0 Å². The lowest BCUT2D eigenvalue weighted by Gasteiger charge is -2.25. The fourth-order valence-electron chi connectivity index (χ4n) is 3.68. The van der Waals surface area contributed by atoms with E-state index in [4.69, 9.17) is 4.74 Å². The molecule has 2 bridgehead atoms. The number of ether oxygens (including phenoxy) is 1. The molecular weight excluding hydrogens is 238 g/mol. The van der Waals surface area contributed by atoms with E-state index in [2.05, 4.69) is 5.32 Å². The summed E-state index contributed by atoms with van der Waals surface area (Å²) in [5, 5.41) is 3.58. The van der Waals surface area contributed by atoms with Crippen molar-refractivity contribution in [3.63, 3.8) is 0 Å². The number of hydrogen-bond donors (Lipinski definition) is 1. The van der Waals surface area contributed by atoms with Crippen LogP contribution in [-0.4, -0.2) is 19.1 Å². The molecule has 1 aromatic carbocycles. The molecule has 2 aliphatic rings. The van der Waals surface area contributed by atoms with Gasteiger partial charge in [-0.1, -0.05) is 18.1 Å². The number of methoxy groups -OCH3 is 1. The first-order chi connectivity index (χ1) is 9.17. The lowest BCUT2D eigenvalue weighted by Crippen LogP contribution is -2.27. The Bertz CT molecular complexity index is 498. The molecule has 102 valence electrons. The second-order valence-corrected chi connectivity index (χ2v) is 5.97. The third-order valence-electron chi connectivity index (χ3n) is 4.66. The SMILES string of the molecule is COC(=O)c1cc(C)ccc1NC1CC2CCC1C2. The van der Waals surface area contributed by atoms with Crippen LogP contribution in [0.1, 0.15) is 41.6 Å². The quantitative estimate of drug-likeness (QED) is 0.846. The van der Waals surface area contributed by atoms with Gasteiger partial charge in [0.05, 0.1) is 12.7 Å². The summed E-state index contributed by atoms with van der Waals surface area (Å²) in [6, 6.07) is 6.49. The third-order valence-corrected chi connectivity index (χ3v) is 4.66. The first kappa shape index (κ1) is 12.5. The lowest BCUT2D eigenvalue weighted by atomic mass is 9.94. The van der Waals surface area contributed by atoms with Crippen molar-refractivity contribution in [2.24, 2.45) is 11.8 Å². The van der Waals surface area contributed by atoms with Crippen LogP contribution in [0.4, 0.5) is 5.69 Å². The Labute approximate surface area is 114 Å². The molecule has 0 aromatic heterocycles. The van der Waals surface area contributed by atoms with E-state index in [9.17, 15) is 4.79 Å². The van der Waals surface area contributed by atoms with Crippen molar-refractivity contribution in [3.05, 3.63) is 29.3 Å². The summed E-state index contributed by atoms with van der Waals surface area (Å²) >= 11 is 0. The molecule has 3 rings (SSSR count). The lowest BCUT2D eigenvalue weighted by molar-refractivity contribution is 0.0601. The summed E-state index contributed by atoms with van der Waals surface area (Å²) in [5.74, 6) is 1.43. The zero-order valence-electron chi connectivity index (χ0n) is 11.6. The van der Waals surface area contributed by atoms with Crippen LogP contribution in [0.3, 0.4) is 0 Å². The maximum atomic E-state index is 11.9. The van der Waals surface area contributed by atoms with E-state index in [1.54, 1.807) is 0 Å². The van der Waals surface area contributed by atoms with Crippen molar-refractivity contribution in [1.29, 1.82) is 0 Å². The number of anilines is 1. The molecule has 3 nitrogen and oxygen atoms in total. The molecule has 0 aliphatic heterocycles. The number of carbonyl (C=O) groups excluding carboxylic acids is 1. The predicted molar refractivity (Wildman–Crippen MR) is 75.4 cm³/mol. The van der Waals surface area contributed by atoms with Crippen molar-refractivity contribution in [2.75, 3.05) is 12.4 Å². The number of carbonyl (C=O) groups is 1. The Balaban J connectivity index is 1.82. The molecule has 2 aliphatic carbocycles. The fourth-order valence-corrected chi connectivity index (χ4v) is 3.68. The molecule has 0 spiro atoms. The largest absolute Gasteiger partial charge is 0.465 e. The standard InChI is InChI=1S/C16H21NO2/c1-10-3-6-14(13(7-10)16(18)19-2)17-15-9-11-4-5-12(15)8-11/h3,6-7,11-12,15,17H,4-5,8-9H2,1-2H3. The van der Waals surface area contributed by atoms with E-state index in [1.165, 1.54) is 32.8 Å². The van der Waals surface area contributed by atoms with E-state index in [1.807, 2.05) is 25.1 Å². The third kappa shape index (κ3) is 2.34. The molecule has 1 aromatic rings. The van der Waals surface area contributed by atoms with Gasteiger partial charge in [0.1, 0.15) is 0 Å². The van der Waals surface area contributed by atoms with Gasteiger partial charge in [-0.05, 0) is 50.2 Å². The minimum atomic E-state index is -0.255. The topological polar surface area (TPSA) is 38.3 Å². The number of esters is 1. The van der Waals surface area contributed by atoms with Gasteiger partial charge < -0.3 is 10.1 Å². The Morgan fingerprint density at radius 3 is 2.79 bits per heavy atom. The second kappa shape index (κ2) is 4.87. The minimum absolute atomic E-state index is 0.255. The van der Waals surface area contributed by atoms with E-state index in [-0.39, 0.29) is 5.97 Å². The number of fused-ring (bicyclic) bond motifs is 2. The predicted octanol–water partition coefficient (Wildman–Crippen LogP) is 3.38. The average Bonchev–Trinajstić information content (AvgIpc) is 3.02. The molecule has 19 heavy (non-hydrogen) atoms. The number of nitrogens with one attached hydrogen (secondary N) is 1. The smallest absolute Gasteiger partial charge is 0.339 e. The molecule has 0 radical (unpaired) electrons. The van der Waals surface area contributed by atoms with Gasteiger partial charge in [-0.25, -0.2) is 4.79 Å². The molecule has 1 N–H and O–H groups in total. The number of hydrogen-bond acceptors (Lipinski definition) is 3. The van der Waals surface area contributed by atoms with Gasteiger partial charge in [0, 0.05) is 11.7 Å². The molecule has 0 heterocycles. The van der Waals surface area contributed by atoms with Crippen LogP contribution in [0.25, 0.3) is 0 Å². The molecule has 2 saturated carbocycles. The highest BCUT2D eigenvalue weighted by molar-refractivity contribution is 5.95. The molecular formula is C16H21NO2. The number of benzene rings is 1. The summed E-state index contributed by atoms with van der Waals surface area (Å²) in [7, 11) is 1.44. The normalized spacial score (nSPS) is 28.4. The highest BCUT2D eigenvalue weighted by atomic mass is 16.5. The van der Waals surface area contributed by atoms with Crippen molar-refractivity contribution >= 4 is 11.7 Å². The maximum absolute atomic E-state index is 11.9. The second-order valence-electron chi connectivity index (χ2n) is 5.97. The molecule has 3 atom stereocenters. The first-order valence-corrected chi connectivity index (χ1v) is 7.13. The summed E-state index contributed by atoms with van der Waals surface area (Å²) in [4.78, 5) is 11.9. The molecule has 2 fully saturated rings. The van der Waals surface area contributed by atoms with Gasteiger partial charge in [0.25, 0.3) is 0 Å². The van der Waals surface area contributed by atoms with Crippen LogP contribution in [0.15, 0.2) is 18.2 Å². The molecule has 3 heteroatoms. The molecule has 0 saturated heterocycles. The van der Waals surface area contributed by atoms with Gasteiger partial charge in [-0.3, -0.25) is 0 Å². The van der Waals surface area contributed by atoms with Gasteiger partial charge in [0.2, 0.25) is 0 Å². The van der Waals surface area contributed by atoms with Gasteiger partial charge in [0.15, 0.2) is 0 Å². The highest BCUT2D eigenvalue weighted by Crippen LogP contribution is 2.45. The summed E-state index contributed by atoms with van der Waals surface area (Å²) in [6.45, 7) is 1.99. The number of rotatable bonds is 3. The first-order valence-electron chi connectivity index (χ1n) is 7.13. The zero-order chi connectivity index (χ0) is 13.4. The maximum Gasteiger partial charge on any atom is 0.339 e. The zero-order valence-corrected chi connectivity index (χ0v) is 11.6. The summed E-state index contributed by atoms with van der Waals surface area (Å²) in [5.41, 5.74) is 2.67. The van der Waals surface area contributed by atoms with Crippen LogP contribution in [-0.2, 0) is 4.74 Å². The van der Waals surface area contributed by atoms with Crippen LogP contribution < -0.4 is 5.32 Å². The van der Waals surface area contributed by atoms with Crippen molar-refractivity contribution in [1.82, 2.24) is 0 Å². The molecule has 0 amide bonds. The monoisotopic (exact) mass is 259 g/mol. The summed E-state index contributed by atoms with van der Waals surface area (Å²) < 4.78 is 4.88. The van der Waals surface area contributed by atoms with Crippen molar-refractivity contribution < 1.29 is 9.53 Å². The fraction of sp³-hybridized carbons (Fsp3) is 0.562. The van der Waals surface area contributed by atoms with E-state index >= 15 is 0 Å². The van der Waals surface area contributed by atoms with Crippen LogP contribution in [0, 0.1) is 18.8 Å². The Morgan fingerprint density at radius 2 is 2.16 bits per heavy atom. The van der Waals surface area contributed by atoms with E-state index < -0.39 is 0 Å². The van der Waals surface area contributed by atoms with E-state index in [0.717, 1.165) is 23.1 Å². The summed E-state index contributed by atoms with van der Waals surface area (Å²) in [6.07, 6.45) is 5.33. The molecule has 3 unspecified atom stereocenters. The average molecular weight is 259 g/mol. The van der Waals surface area contributed by atoms with Crippen LogP contribution in [0.5, 0.6) is 0 Å². The number of aryl methyl sites for hydroxylation is 1. The van der Waals surface area contributed by atoms with Gasteiger partial charge >= 0.3 is 5.97 Å². The van der Waals surface area contributed by atoms with Gasteiger partial charge in [-0.2, -0.15) is 0 Å². The van der Waals surface area contributed by atoms with Gasteiger partial charge in [-0.15, -0.1) is 0 Å². The Kier molecular flexibility index (Phi) is 3.21. The van der Waals surface area contributed by atoms with Crippen molar-refractivity contribution in [3.8, 4) is 0 Å². The Morgan fingerprint density at radius 1 is 1.32 bits per heavy atom. The Hall–Kier alpha value is -1.51. The van der Waals surface area contributed by atoms with Crippen molar-refractivity contribution in [2.45, 2.75) is 38.6 Å².